The SMILES string of the molecule is CCN1C(=O)N[C@](C)(CC)C1=O. The van der Waals surface area contributed by atoms with Crippen LogP contribution >= 0.6 is 0 Å². The van der Waals surface area contributed by atoms with Crippen LogP contribution in [0.3, 0.4) is 0 Å². The summed E-state index contributed by atoms with van der Waals surface area (Å²) in [5.74, 6) is -0.113. The number of rotatable bonds is 2. The fourth-order valence-corrected chi connectivity index (χ4v) is 1.27. The lowest BCUT2D eigenvalue weighted by molar-refractivity contribution is -0.130. The van der Waals surface area contributed by atoms with Crippen LogP contribution in [0.25, 0.3) is 0 Å². The molecule has 12 heavy (non-hydrogen) atoms. The molecule has 0 saturated carbocycles. The Hall–Kier alpha value is -1.06. The molecular weight excluding hydrogens is 156 g/mol. The molecule has 0 spiro atoms. The van der Waals surface area contributed by atoms with E-state index in [1.165, 1.54) is 4.90 Å². The van der Waals surface area contributed by atoms with Gasteiger partial charge < -0.3 is 5.32 Å². The van der Waals surface area contributed by atoms with Crippen molar-refractivity contribution >= 4 is 11.9 Å². The first kappa shape index (κ1) is 9.03. The second-order valence-corrected chi connectivity index (χ2v) is 3.17. The number of likely N-dealkylation sites (N-methyl/N-ethyl adjacent to an activating group) is 1. The first-order valence-corrected chi connectivity index (χ1v) is 4.19. The van der Waals surface area contributed by atoms with Crippen molar-refractivity contribution in [2.24, 2.45) is 0 Å². The van der Waals surface area contributed by atoms with Crippen molar-refractivity contribution in [2.45, 2.75) is 32.7 Å². The number of hydrogen-bond donors (Lipinski definition) is 1. The summed E-state index contributed by atoms with van der Waals surface area (Å²) >= 11 is 0. The molecule has 1 fully saturated rings. The Balaban J connectivity index is 2.89. The van der Waals surface area contributed by atoms with Crippen molar-refractivity contribution in [1.29, 1.82) is 0 Å². The van der Waals surface area contributed by atoms with E-state index in [4.69, 9.17) is 0 Å². The highest BCUT2D eigenvalue weighted by Crippen LogP contribution is 2.19. The van der Waals surface area contributed by atoms with Crippen LogP contribution < -0.4 is 5.32 Å². The van der Waals surface area contributed by atoms with E-state index in [0.29, 0.717) is 13.0 Å². The van der Waals surface area contributed by atoms with Crippen LogP contribution in [0, 0.1) is 0 Å². The van der Waals surface area contributed by atoms with Gasteiger partial charge in [-0.15, -0.1) is 0 Å². The molecule has 1 heterocycles. The van der Waals surface area contributed by atoms with Gasteiger partial charge in [-0.05, 0) is 20.3 Å². The highest BCUT2D eigenvalue weighted by atomic mass is 16.2. The number of imide groups is 1. The van der Waals surface area contributed by atoms with Crippen LogP contribution in [0.15, 0.2) is 0 Å². The van der Waals surface area contributed by atoms with E-state index in [2.05, 4.69) is 5.32 Å². The Labute approximate surface area is 71.9 Å². The average molecular weight is 170 g/mol. The van der Waals surface area contributed by atoms with Crippen molar-refractivity contribution in [1.82, 2.24) is 10.2 Å². The van der Waals surface area contributed by atoms with Gasteiger partial charge in [-0.3, -0.25) is 9.69 Å². The summed E-state index contributed by atoms with van der Waals surface area (Å²) in [7, 11) is 0. The van der Waals surface area contributed by atoms with Gasteiger partial charge in [-0.2, -0.15) is 0 Å². The molecule has 1 saturated heterocycles. The zero-order chi connectivity index (χ0) is 9.35. The van der Waals surface area contributed by atoms with Crippen molar-refractivity contribution in [3.8, 4) is 0 Å². The third kappa shape index (κ3) is 1.07. The first-order chi connectivity index (χ1) is 5.55. The standard InChI is InChI=1S/C8H14N2O2/c1-4-8(3)6(11)10(5-2)7(12)9-8/h4-5H2,1-3H3,(H,9,12)/t8-/m1/s1. The molecule has 1 aliphatic rings. The van der Waals surface area contributed by atoms with Gasteiger partial charge in [-0.25, -0.2) is 4.79 Å². The summed E-state index contributed by atoms with van der Waals surface area (Å²) in [4.78, 5) is 24.0. The lowest BCUT2D eigenvalue weighted by Crippen LogP contribution is -2.43. The van der Waals surface area contributed by atoms with Crippen LogP contribution in [0.1, 0.15) is 27.2 Å². The van der Waals surface area contributed by atoms with E-state index < -0.39 is 5.54 Å². The topological polar surface area (TPSA) is 49.4 Å². The summed E-state index contributed by atoms with van der Waals surface area (Å²) in [6.45, 7) is 5.87. The monoisotopic (exact) mass is 170 g/mol. The number of amides is 3. The second kappa shape index (κ2) is 2.77. The Morgan fingerprint density at radius 3 is 2.25 bits per heavy atom. The van der Waals surface area contributed by atoms with Crippen molar-refractivity contribution in [2.75, 3.05) is 6.54 Å². The molecule has 68 valence electrons. The van der Waals surface area contributed by atoms with E-state index >= 15 is 0 Å². The molecule has 0 aromatic carbocycles. The summed E-state index contributed by atoms with van der Waals surface area (Å²) < 4.78 is 0. The van der Waals surface area contributed by atoms with Crippen LogP contribution in [-0.2, 0) is 4.79 Å². The molecule has 0 aromatic rings. The zero-order valence-electron chi connectivity index (χ0n) is 7.68. The molecule has 1 atom stereocenters. The molecule has 1 N–H and O–H groups in total. The third-order valence-corrected chi connectivity index (χ3v) is 2.37. The average Bonchev–Trinajstić information content (AvgIpc) is 2.25. The van der Waals surface area contributed by atoms with Crippen molar-refractivity contribution in [3.05, 3.63) is 0 Å². The summed E-state index contributed by atoms with van der Waals surface area (Å²) in [5, 5.41) is 2.67. The first-order valence-electron chi connectivity index (χ1n) is 4.19. The maximum absolute atomic E-state index is 11.5. The van der Waals surface area contributed by atoms with E-state index in [-0.39, 0.29) is 11.9 Å². The normalized spacial score (nSPS) is 29.4. The molecule has 0 aliphatic carbocycles. The summed E-state index contributed by atoms with van der Waals surface area (Å²) in [5.41, 5.74) is -0.674. The largest absolute Gasteiger partial charge is 0.325 e. The van der Waals surface area contributed by atoms with Gasteiger partial charge in [0.05, 0.1) is 0 Å². The Morgan fingerprint density at radius 1 is 1.42 bits per heavy atom. The lowest BCUT2D eigenvalue weighted by atomic mass is 10.00. The quantitative estimate of drug-likeness (QED) is 0.621. The zero-order valence-corrected chi connectivity index (χ0v) is 7.68. The highest BCUT2D eigenvalue weighted by molar-refractivity contribution is 6.06. The second-order valence-electron chi connectivity index (χ2n) is 3.17. The molecular formula is C8H14N2O2. The van der Waals surface area contributed by atoms with Crippen molar-refractivity contribution in [3.63, 3.8) is 0 Å². The predicted octanol–water partition coefficient (Wildman–Crippen LogP) is 0.727. The predicted molar refractivity (Wildman–Crippen MR) is 44.6 cm³/mol. The van der Waals surface area contributed by atoms with Gasteiger partial charge in [-0.1, -0.05) is 6.92 Å². The number of urea groups is 1. The smallest absolute Gasteiger partial charge is 0.323 e. The minimum absolute atomic E-state index is 0.113. The number of carbonyl (C=O) groups is 2. The van der Waals surface area contributed by atoms with Gasteiger partial charge >= 0.3 is 6.03 Å². The van der Waals surface area contributed by atoms with E-state index in [0.717, 1.165) is 0 Å². The number of carbonyl (C=O) groups excluding carboxylic acids is 2. The molecule has 3 amide bonds. The van der Waals surface area contributed by atoms with Gasteiger partial charge in [0.15, 0.2) is 0 Å². The molecule has 0 radical (unpaired) electrons. The number of hydrogen-bond acceptors (Lipinski definition) is 2. The fraction of sp³-hybridized carbons (Fsp3) is 0.750. The van der Waals surface area contributed by atoms with Crippen LogP contribution in [-0.4, -0.2) is 28.9 Å². The lowest BCUT2D eigenvalue weighted by Gasteiger charge is -2.18. The van der Waals surface area contributed by atoms with E-state index in [1.54, 1.807) is 13.8 Å². The summed E-state index contributed by atoms with van der Waals surface area (Å²) in [6, 6.07) is -0.271. The third-order valence-electron chi connectivity index (χ3n) is 2.37. The van der Waals surface area contributed by atoms with Crippen molar-refractivity contribution < 1.29 is 9.59 Å². The number of nitrogens with zero attached hydrogens (tertiary/aromatic N) is 1. The van der Waals surface area contributed by atoms with Crippen LogP contribution in [0.2, 0.25) is 0 Å². The molecule has 0 bridgehead atoms. The minimum atomic E-state index is -0.674. The molecule has 0 unspecified atom stereocenters. The van der Waals surface area contributed by atoms with Gasteiger partial charge in [0.25, 0.3) is 5.91 Å². The number of nitrogens with one attached hydrogen (secondary N) is 1. The molecule has 0 aromatic heterocycles. The van der Waals surface area contributed by atoms with Crippen LogP contribution in [0.5, 0.6) is 0 Å². The molecule has 1 aliphatic heterocycles. The Kier molecular flexibility index (Phi) is 2.08. The minimum Gasteiger partial charge on any atom is -0.323 e. The summed E-state index contributed by atoms with van der Waals surface area (Å²) in [6.07, 6.45) is 0.633. The maximum atomic E-state index is 11.5. The molecule has 4 nitrogen and oxygen atoms in total. The Morgan fingerprint density at radius 2 is 2.00 bits per heavy atom. The van der Waals surface area contributed by atoms with E-state index in [1.807, 2.05) is 6.92 Å². The highest BCUT2D eigenvalue weighted by Gasteiger charge is 2.45. The maximum Gasteiger partial charge on any atom is 0.325 e. The Bertz CT molecular complexity index is 227. The van der Waals surface area contributed by atoms with Gasteiger partial charge in [0.1, 0.15) is 5.54 Å². The van der Waals surface area contributed by atoms with E-state index in [9.17, 15) is 9.59 Å². The molecule has 1 rings (SSSR count). The van der Waals surface area contributed by atoms with Gasteiger partial charge in [0, 0.05) is 6.54 Å². The fourth-order valence-electron chi connectivity index (χ4n) is 1.27. The van der Waals surface area contributed by atoms with Gasteiger partial charge in [0.2, 0.25) is 0 Å². The molecule has 4 heteroatoms. The van der Waals surface area contributed by atoms with Crippen LogP contribution in [0.4, 0.5) is 4.79 Å².